The van der Waals surface area contributed by atoms with Crippen molar-refractivity contribution in [2.75, 3.05) is 72.0 Å². The lowest BCUT2D eigenvalue weighted by Crippen LogP contribution is -2.60. The van der Waals surface area contributed by atoms with Gasteiger partial charge in [0, 0.05) is 26.1 Å². The van der Waals surface area contributed by atoms with E-state index in [1.54, 1.807) is 0 Å². The largest absolute Gasteiger partial charge is 0.347 e. The van der Waals surface area contributed by atoms with Gasteiger partial charge >= 0.3 is 0 Å². The van der Waals surface area contributed by atoms with Gasteiger partial charge in [0.1, 0.15) is 18.1 Å². The minimum Gasteiger partial charge on any atom is -0.347 e. The molecule has 0 saturated carbocycles. The number of carbonyl (C=O) groups is 12. The standard InChI is InChI=1S/C34H48N12O12/c1-2-6-20-32(56)41-15-27(51)39-18-30(54)44-21(34(58)45-8-4-3-5-9-45)11-23(47)35-12-24(48)36-14-26(50)40-19-31(55)46-10-7-22(46)33(57)42-16-28(52)37-13-25(49)38-17-29(53)43-20/h1,20-22H,3-19H2,(H,35,47)(H,36,48)(H,37,52)(H,38,49)(H,39,51)(H,40,50)(H,41,56)(H,42,57)(H,43,53)(H,44,54). The number of hydrogen-bond donors (Lipinski definition) is 10. The summed E-state index contributed by atoms with van der Waals surface area (Å²) in [5, 5.41) is 22.9. The van der Waals surface area contributed by atoms with Gasteiger partial charge in [0.25, 0.3) is 0 Å². The summed E-state index contributed by atoms with van der Waals surface area (Å²) in [5.74, 6) is -6.94. The Morgan fingerprint density at radius 2 is 0.983 bits per heavy atom. The molecular weight excluding hydrogens is 768 g/mol. The van der Waals surface area contributed by atoms with Gasteiger partial charge in [-0.05, 0) is 25.7 Å². The summed E-state index contributed by atoms with van der Waals surface area (Å²) in [5.41, 5.74) is 0. The van der Waals surface area contributed by atoms with Gasteiger partial charge in [0.15, 0.2) is 0 Å². The molecule has 316 valence electrons. The molecule has 3 unspecified atom stereocenters. The van der Waals surface area contributed by atoms with Crippen LogP contribution in [0.2, 0.25) is 0 Å². The Morgan fingerprint density at radius 1 is 0.534 bits per heavy atom. The Bertz CT molecular complexity index is 1670. The van der Waals surface area contributed by atoms with Crippen LogP contribution in [0.5, 0.6) is 0 Å². The zero-order valence-electron chi connectivity index (χ0n) is 31.6. The van der Waals surface area contributed by atoms with Crippen molar-refractivity contribution in [2.45, 2.75) is 56.7 Å². The van der Waals surface area contributed by atoms with Crippen molar-refractivity contribution in [1.82, 2.24) is 63.0 Å². The topological polar surface area (TPSA) is 332 Å². The van der Waals surface area contributed by atoms with Crippen molar-refractivity contribution in [3.05, 3.63) is 0 Å². The maximum absolute atomic E-state index is 13.3. The number of rotatable bonds is 2. The van der Waals surface area contributed by atoms with E-state index in [0.717, 1.165) is 6.42 Å². The molecule has 3 fully saturated rings. The number of nitrogens with zero attached hydrogens (tertiary/aromatic N) is 2. The minimum atomic E-state index is -1.37. The van der Waals surface area contributed by atoms with Crippen LogP contribution in [0.3, 0.4) is 0 Å². The molecule has 3 atom stereocenters. The number of nitrogens with one attached hydrogen (secondary N) is 10. The fourth-order valence-corrected chi connectivity index (χ4v) is 5.63. The summed E-state index contributed by atoms with van der Waals surface area (Å²) in [6.07, 6.45) is 7.02. The van der Waals surface area contributed by atoms with Gasteiger partial charge in [-0.15, -0.1) is 12.3 Å². The molecule has 58 heavy (non-hydrogen) atoms. The number of fused-ring (bicyclic) bond motifs is 1. The average molecular weight is 817 g/mol. The molecule has 0 aliphatic carbocycles. The molecule has 12 amide bonds. The SMILES string of the molecule is C#CCC1NC(=O)CNC(=O)CNC(=O)CNC(=O)C2CCN2C(=O)CNC(=O)CNC(=O)CNC(=O)CC(C(=O)N2CCCCC2)NC(=O)CNC(=O)CNC1=O. The Labute approximate surface area is 332 Å². The third kappa shape index (κ3) is 15.7. The van der Waals surface area contributed by atoms with Crippen LogP contribution in [-0.4, -0.2) is 171 Å². The lowest BCUT2D eigenvalue weighted by molar-refractivity contribution is -0.147. The van der Waals surface area contributed by atoms with E-state index in [4.69, 9.17) is 6.42 Å². The highest BCUT2D eigenvalue weighted by Gasteiger charge is 2.37. The first kappa shape index (κ1) is 45.6. The van der Waals surface area contributed by atoms with Crippen molar-refractivity contribution >= 4 is 70.9 Å². The predicted molar refractivity (Wildman–Crippen MR) is 197 cm³/mol. The van der Waals surface area contributed by atoms with Crippen LogP contribution in [0.25, 0.3) is 0 Å². The van der Waals surface area contributed by atoms with Gasteiger partial charge in [0.05, 0.1) is 58.8 Å². The van der Waals surface area contributed by atoms with Crippen molar-refractivity contribution in [1.29, 1.82) is 0 Å². The number of amides is 12. The van der Waals surface area contributed by atoms with Crippen LogP contribution in [0.4, 0.5) is 0 Å². The Kier molecular flexibility index (Phi) is 18.3. The number of carbonyl (C=O) groups excluding carboxylic acids is 12. The first-order chi connectivity index (χ1) is 27.7. The molecule has 24 nitrogen and oxygen atoms in total. The molecule has 3 aliphatic heterocycles. The van der Waals surface area contributed by atoms with E-state index >= 15 is 0 Å². The molecular formula is C34H48N12O12. The van der Waals surface area contributed by atoms with E-state index < -0.39 is 148 Å². The highest BCUT2D eigenvalue weighted by molar-refractivity contribution is 5.97. The summed E-state index contributed by atoms with van der Waals surface area (Å²) < 4.78 is 0. The maximum atomic E-state index is 13.3. The first-order valence-corrected chi connectivity index (χ1v) is 18.4. The second-order valence-corrected chi connectivity index (χ2v) is 13.2. The molecule has 0 aromatic carbocycles. The molecule has 0 bridgehead atoms. The highest BCUT2D eigenvalue weighted by atomic mass is 16.2. The van der Waals surface area contributed by atoms with Crippen LogP contribution in [-0.2, 0) is 57.5 Å². The number of likely N-dealkylation sites (tertiary alicyclic amines) is 1. The molecule has 10 N–H and O–H groups in total. The van der Waals surface area contributed by atoms with Crippen molar-refractivity contribution in [2.24, 2.45) is 0 Å². The van der Waals surface area contributed by atoms with Crippen molar-refractivity contribution < 1.29 is 57.5 Å². The average Bonchev–Trinajstić information content (AvgIpc) is 3.19. The Balaban J connectivity index is 1.65. The minimum absolute atomic E-state index is 0.196. The predicted octanol–water partition coefficient (Wildman–Crippen LogP) is -8.07. The van der Waals surface area contributed by atoms with Gasteiger partial charge in [-0.1, -0.05) is 0 Å². The summed E-state index contributed by atoms with van der Waals surface area (Å²) in [6.45, 7) is -3.77. The highest BCUT2D eigenvalue weighted by Crippen LogP contribution is 2.17. The van der Waals surface area contributed by atoms with Gasteiger partial charge in [0.2, 0.25) is 70.9 Å². The van der Waals surface area contributed by atoms with E-state index in [1.807, 2.05) is 0 Å². The number of piperidine rings is 1. The van der Waals surface area contributed by atoms with E-state index in [1.165, 1.54) is 9.80 Å². The molecule has 3 saturated heterocycles. The van der Waals surface area contributed by atoms with E-state index in [9.17, 15) is 57.5 Å². The lowest BCUT2D eigenvalue weighted by atomic mass is 10.0. The van der Waals surface area contributed by atoms with E-state index in [0.29, 0.717) is 25.9 Å². The van der Waals surface area contributed by atoms with Crippen LogP contribution in [0.1, 0.15) is 38.5 Å². The summed E-state index contributed by atoms with van der Waals surface area (Å²) >= 11 is 0. The van der Waals surface area contributed by atoms with Crippen molar-refractivity contribution in [3.63, 3.8) is 0 Å². The maximum Gasteiger partial charge on any atom is 0.245 e. The second kappa shape index (κ2) is 23.3. The zero-order chi connectivity index (χ0) is 42.6. The van der Waals surface area contributed by atoms with E-state index in [-0.39, 0.29) is 19.4 Å². The fraction of sp³-hybridized carbons (Fsp3) is 0.588. The van der Waals surface area contributed by atoms with Crippen LogP contribution in [0, 0.1) is 12.3 Å². The summed E-state index contributed by atoms with van der Waals surface area (Å²) in [4.78, 5) is 153. The van der Waals surface area contributed by atoms with Gasteiger partial charge in [-0.3, -0.25) is 57.5 Å². The number of terminal acetylenes is 1. The molecule has 3 aliphatic rings. The Morgan fingerprint density at radius 3 is 1.48 bits per heavy atom. The first-order valence-electron chi connectivity index (χ1n) is 18.4. The monoisotopic (exact) mass is 816 g/mol. The molecule has 0 aromatic heterocycles. The second-order valence-electron chi connectivity index (χ2n) is 13.2. The molecule has 3 rings (SSSR count). The molecule has 3 heterocycles. The van der Waals surface area contributed by atoms with Gasteiger partial charge in [-0.25, -0.2) is 0 Å². The normalized spacial score (nSPS) is 24.1. The van der Waals surface area contributed by atoms with Crippen LogP contribution >= 0.6 is 0 Å². The smallest absolute Gasteiger partial charge is 0.245 e. The molecule has 0 aromatic rings. The van der Waals surface area contributed by atoms with Gasteiger partial charge < -0.3 is 63.0 Å². The quantitative estimate of drug-likeness (QED) is 0.116. The van der Waals surface area contributed by atoms with Crippen LogP contribution < -0.4 is 53.2 Å². The van der Waals surface area contributed by atoms with Gasteiger partial charge in [-0.2, -0.15) is 0 Å². The fourth-order valence-electron chi connectivity index (χ4n) is 5.63. The molecule has 24 heteroatoms. The lowest BCUT2D eigenvalue weighted by Gasteiger charge is -2.39. The zero-order valence-corrected chi connectivity index (χ0v) is 31.6. The third-order valence-electron chi connectivity index (χ3n) is 8.82. The summed E-state index contributed by atoms with van der Waals surface area (Å²) in [7, 11) is 0. The molecule has 0 spiro atoms. The van der Waals surface area contributed by atoms with Crippen LogP contribution in [0.15, 0.2) is 0 Å². The molecule has 0 radical (unpaired) electrons. The number of hydrogen-bond acceptors (Lipinski definition) is 12. The summed E-state index contributed by atoms with van der Waals surface area (Å²) in [6, 6.07) is -3.62. The van der Waals surface area contributed by atoms with E-state index in [2.05, 4.69) is 59.1 Å². The van der Waals surface area contributed by atoms with Crippen molar-refractivity contribution in [3.8, 4) is 12.3 Å². The third-order valence-corrected chi connectivity index (χ3v) is 8.82. The Hall–Kier alpha value is -6.80.